The Morgan fingerprint density at radius 3 is 2.62 bits per heavy atom. The van der Waals surface area contributed by atoms with Gasteiger partial charge in [-0.15, -0.1) is 10.2 Å². The molecule has 0 amide bonds. The van der Waals surface area contributed by atoms with Gasteiger partial charge in [-0.1, -0.05) is 25.2 Å². The Kier molecular flexibility index (Phi) is 4.83. The normalized spacial score (nSPS) is 17.1. The monoisotopic (exact) mass is 243 g/mol. The van der Waals surface area contributed by atoms with E-state index in [1.54, 1.807) is 18.4 Å². The van der Waals surface area contributed by atoms with E-state index in [-0.39, 0.29) is 11.6 Å². The predicted molar refractivity (Wildman–Crippen MR) is 66.7 cm³/mol. The van der Waals surface area contributed by atoms with Crippen molar-refractivity contribution < 1.29 is 4.74 Å². The van der Waals surface area contributed by atoms with Crippen LogP contribution in [0.25, 0.3) is 0 Å². The third kappa shape index (κ3) is 2.78. The third-order valence-corrected chi connectivity index (χ3v) is 4.25. The zero-order valence-corrected chi connectivity index (χ0v) is 11.5. The molecule has 1 heterocycles. The van der Waals surface area contributed by atoms with Crippen LogP contribution in [-0.2, 0) is 10.3 Å². The van der Waals surface area contributed by atoms with Crippen molar-refractivity contribution in [1.29, 1.82) is 0 Å². The van der Waals surface area contributed by atoms with E-state index in [0.717, 1.165) is 23.0 Å². The van der Waals surface area contributed by atoms with Crippen molar-refractivity contribution in [2.24, 2.45) is 0 Å². The van der Waals surface area contributed by atoms with Gasteiger partial charge in [-0.05, 0) is 26.8 Å². The summed E-state index contributed by atoms with van der Waals surface area (Å²) in [5, 5.41) is 13.8. The molecule has 16 heavy (non-hydrogen) atoms. The van der Waals surface area contributed by atoms with Crippen LogP contribution >= 0.6 is 11.3 Å². The average Bonchev–Trinajstić information content (AvgIpc) is 2.78. The number of aromatic nitrogens is 2. The standard InChI is InChI=1S/C11H21N3OS/c1-6-11(4,15-5)10-14-13-9(16-10)8(3)12-7-2/h8,12H,6-7H2,1-5H3. The topological polar surface area (TPSA) is 47.0 Å². The Morgan fingerprint density at radius 2 is 2.12 bits per heavy atom. The number of nitrogens with zero attached hydrogens (tertiary/aromatic N) is 2. The lowest BCUT2D eigenvalue weighted by atomic mass is 10.1. The Hall–Kier alpha value is -0.520. The third-order valence-electron chi connectivity index (χ3n) is 2.90. The predicted octanol–water partition coefficient (Wildman–Crippen LogP) is 2.48. The van der Waals surface area contributed by atoms with E-state index >= 15 is 0 Å². The summed E-state index contributed by atoms with van der Waals surface area (Å²) in [7, 11) is 1.72. The van der Waals surface area contributed by atoms with Crippen LogP contribution in [-0.4, -0.2) is 23.9 Å². The second-order valence-electron chi connectivity index (χ2n) is 4.01. The molecule has 1 N–H and O–H groups in total. The molecule has 1 aromatic heterocycles. The zero-order valence-electron chi connectivity index (χ0n) is 10.7. The molecule has 0 bridgehead atoms. The number of hydrogen-bond donors (Lipinski definition) is 1. The second-order valence-corrected chi connectivity index (χ2v) is 5.02. The zero-order chi connectivity index (χ0) is 12.2. The van der Waals surface area contributed by atoms with E-state index in [1.807, 2.05) is 0 Å². The highest BCUT2D eigenvalue weighted by Crippen LogP contribution is 2.32. The summed E-state index contributed by atoms with van der Waals surface area (Å²) >= 11 is 1.63. The average molecular weight is 243 g/mol. The fourth-order valence-corrected chi connectivity index (χ4v) is 2.46. The lowest BCUT2D eigenvalue weighted by Gasteiger charge is -2.22. The van der Waals surface area contributed by atoms with Crippen LogP contribution < -0.4 is 5.32 Å². The number of hydrogen-bond acceptors (Lipinski definition) is 5. The van der Waals surface area contributed by atoms with Crippen LogP contribution in [0.4, 0.5) is 0 Å². The van der Waals surface area contributed by atoms with Gasteiger partial charge < -0.3 is 10.1 Å². The van der Waals surface area contributed by atoms with Gasteiger partial charge in [0.2, 0.25) is 0 Å². The summed E-state index contributed by atoms with van der Waals surface area (Å²) < 4.78 is 5.51. The van der Waals surface area contributed by atoms with Crippen molar-refractivity contribution in [1.82, 2.24) is 15.5 Å². The summed E-state index contributed by atoms with van der Waals surface area (Å²) in [5.41, 5.74) is -0.304. The van der Waals surface area contributed by atoms with Gasteiger partial charge in [0.25, 0.3) is 0 Å². The minimum Gasteiger partial charge on any atom is -0.371 e. The summed E-state index contributed by atoms with van der Waals surface area (Å²) in [5.74, 6) is 0. The molecule has 0 spiro atoms. The van der Waals surface area contributed by atoms with Crippen LogP contribution in [0.15, 0.2) is 0 Å². The molecule has 2 atom stereocenters. The maximum Gasteiger partial charge on any atom is 0.149 e. The fraction of sp³-hybridized carbons (Fsp3) is 0.818. The first-order chi connectivity index (χ1) is 7.57. The highest BCUT2D eigenvalue weighted by atomic mass is 32.1. The van der Waals surface area contributed by atoms with Gasteiger partial charge in [0.15, 0.2) is 0 Å². The molecule has 0 aliphatic heterocycles. The van der Waals surface area contributed by atoms with Crippen molar-refractivity contribution in [2.45, 2.75) is 45.8 Å². The smallest absolute Gasteiger partial charge is 0.149 e. The number of ether oxygens (including phenoxy) is 1. The van der Waals surface area contributed by atoms with Crippen LogP contribution in [0.1, 0.15) is 50.2 Å². The lowest BCUT2D eigenvalue weighted by molar-refractivity contribution is -0.00208. The van der Waals surface area contributed by atoms with Gasteiger partial charge in [0.05, 0.1) is 6.04 Å². The van der Waals surface area contributed by atoms with E-state index in [4.69, 9.17) is 4.74 Å². The van der Waals surface area contributed by atoms with Crippen molar-refractivity contribution in [3.8, 4) is 0 Å². The van der Waals surface area contributed by atoms with Crippen molar-refractivity contribution in [3.63, 3.8) is 0 Å². The SMILES string of the molecule is CCNC(C)c1nnc(C(C)(CC)OC)s1. The van der Waals surface area contributed by atoms with E-state index in [2.05, 4.69) is 43.2 Å². The highest BCUT2D eigenvalue weighted by molar-refractivity contribution is 7.11. The molecule has 1 aromatic rings. The molecule has 0 aliphatic carbocycles. The Bertz CT molecular complexity index is 323. The van der Waals surface area contributed by atoms with Gasteiger partial charge >= 0.3 is 0 Å². The van der Waals surface area contributed by atoms with Crippen molar-refractivity contribution >= 4 is 11.3 Å². The summed E-state index contributed by atoms with van der Waals surface area (Å²) in [6, 6.07) is 0.259. The molecular formula is C11H21N3OS. The minimum atomic E-state index is -0.304. The lowest BCUT2D eigenvalue weighted by Crippen LogP contribution is -2.22. The maximum absolute atomic E-state index is 5.51. The van der Waals surface area contributed by atoms with Gasteiger partial charge in [0.1, 0.15) is 15.6 Å². The Balaban J connectivity index is 2.85. The van der Waals surface area contributed by atoms with Crippen LogP contribution in [0.2, 0.25) is 0 Å². The van der Waals surface area contributed by atoms with Crippen molar-refractivity contribution in [3.05, 3.63) is 10.0 Å². The summed E-state index contributed by atoms with van der Waals surface area (Å²) in [6.07, 6.45) is 0.897. The molecule has 0 radical (unpaired) electrons. The first-order valence-corrected chi connectivity index (χ1v) is 6.51. The molecule has 2 unspecified atom stereocenters. The minimum absolute atomic E-state index is 0.259. The van der Waals surface area contributed by atoms with Gasteiger partial charge in [-0.2, -0.15) is 0 Å². The molecule has 1 rings (SSSR count). The number of rotatable bonds is 6. The van der Waals surface area contributed by atoms with Crippen LogP contribution in [0.3, 0.4) is 0 Å². The van der Waals surface area contributed by atoms with E-state index in [9.17, 15) is 0 Å². The van der Waals surface area contributed by atoms with Gasteiger partial charge in [-0.3, -0.25) is 0 Å². The molecule has 0 saturated carbocycles. The summed E-state index contributed by atoms with van der Waals surface area (Å²) in [6.45, 7) is 9.27. The van der Waals surface area contributed by atoms with E-state index in [0.29, 0.717) is 0 Å². The molecule has 4 nitrogen and oxygen atoms in total. The second kappa shape index (κ2) is 5.70. The Labute approximate surface area is 101 Å². The maximum atomic E-state index is 5.51. The van der Waals surface area contributed by atoms with E-state index in [1.165, 1.54) is 0 Å². The fourth-order valence-electron chi connectivity index (χ4n) is 1.40. The number of nitrogens with one attached hydrogen (secondary N) is 1. The first kappa shape index (κ1) is 13.5. The van der Waals surface area contributed by atoms with Crippen LogP contribution in [0.5, 0.6) is 0 Å². The van der Waals surface area contributed by atoms with Crippen molar-refractivity contribution in [2.75, 3.05) is 13.7 Å². The first-order valence-electron chi connectivity index (χ1n) is 5.69. The molecule has 0 fully saturated rings. The highest BCUT2D eigenvalue weighted by Gasteiger charge is 2.29. The van der Waals surface area contributed by atoms with Gasteiger partial charge in [-0.25, -0.2) is 0 Å². The Morgan fingerprint density at radius 1 is 1.44 bits per heavy atom. The van der Waals surface area contributed by atoms with E-state index < -0.39 is 0 Å². The molecule has 0 aromatic carbocycles. The molecular weight excluding hydrogens is 222 g/mol. The quantitative estimate of drug-likeness (QED) is 0.834. The molecule has 5 heteroatoms. The molecule has 0 saturated heterocycles. The summed E-state index contributed by atoms with van der Waals surface area (Å²) in [4.78, 5) is 0. The molecule has 0 aliphatic rings. The van der Waals surface area contributed by atoms with Gasteiger partial charge in [0, 0.05) is 7.11 Å². The van der Waals surface area contributed by atoms with Crippen LogP contribution in [0, 0.1) is 0 Å². The number of methoxy groups -OCH3 is 1. The largest absolute Gasteiger partial charge is 0.371 e. The molecule has 92 valence electrons.